The number of aliphatic hydroxyl groups excluding tert-OH is 1. The van der Waals surface area contributed by atoms with Crippen LogP contribution in [0.15, 0.2) is 54.7 Å². The molecular weight excluding hydrogens is 358 g/mol. The summed E-state index contributed by atoms with van der Waals surface area (Å²) in [6.45, 7) is 4.17. The Bertz CT molecular complexity index is 1080. The summed E-state index contributed by atoms with van der Waals surface area (Å²) < 4.78 is 6.52. The van der Waals surface area contributed by atoms with Gasteiger partial charge in [0, 0.05) is 24.4 Å². The molecule has 3 rings (SSSR count). The highest BCUT2D eigenvalue weighted by Crippen LogP contribution is 2.33. The molecule has 2 N–H and O–H groups in total. The zero-order chi connectivity index (χ0) is 20.3. The molecule has 1 aromatic heterocycles. The molecule has 6 heteroatoms. The lowest BCUT2D eigenvalue weighted by Crippen LogP contribution is -2.15. The SMILES string of the molecule is CCOC(=O)C(=O)C=C(O)c1cn(Cc2cccc(C)c2)c2cccc(O)c12. The molecule has 0 spiro atoms. The number of aromatic nitrogens is 1. The van der Waals surface area contributed by atoms with Crippen LogP contribution in [0.2, 0.25) is 0 Å². The van der Waals surface area contributed by atoms with E-state index in [2.05, 4.69) is 4.74 Å². The van der Waals surface area contributed by atoms with Crippen LogP contribution in [0.4, 0.5) is 0 Å². The number of esters is 1. The van der Waals surface area contributed by atoms with Gasteiger partial charge in [0.25, 0.3) is 5.78 Å². The Kier molecular flexibility index (Phi) is 5.49. The summed E-state index contributed by atoms with van der Waals surface area (Å²) in [4.78, 5) is 23.4. The van der Waals surface area contributed by atoms with Crippen LogP contribution in [-0.4, -0.2) is 33.1 Å². The number of hydrogen-bond donors (Lipinski definition) is 2. The molecule has 3 aromatic rings. The van der Waals surface area contributed by atoms with Crippen LogP contribution in [0.1, 0.15) is 23.6 Å². The molecule has 1 heterocycles. The van der Waals surface area contributed by atoms with Crippen LogP contribution in [0.5, 0.6) is 5.75 Å². The number of phenols is 1. The molecule has 0 saturated heterocycles. The van der Waals surface area contributed by atoms with E-state index in [1.165, 1.54) is 6.07 Å². The van der Waals surface area contributed by atoms with Gasteiger partial charge in [-0.15, -0.1) is 0 Å². The first-order chi connectivity index (χ1) is 13.4. The normalized spacial score (nSPS) is 11.6. The first-order valence-corrected chi connectivity index (χ1v) is 8.89. The van der Waals surface area contributed by atoms with Crippen LogP contribution in [0.3, 0.4) is 0 Å². The molecule has 28 heavy (non-hydrogen) atoms. The molecule has 0 aliphatic carbocycles. The first kappa shape index (κ1) is 19.2. The van der Waals surface area contributed by atoms with Crippen molar-refractivity contribution in [3.63, 3.8) is 0 Å². The van der Waals surface area contributed by atoms with Crippen molar-refractivity contribution in [3.05, 3.63) is 71.4 Å². The van der Waals surface area contributed by atoms with Crippen LogP contribution in [-0.2, 0) is 20.9 Å². The number of phenolic OH excluding ortho intramolecular Hbond substituents is 1. The topological polar surface area (TPSA) is 88.8 Å². The van der Waals surface area contributed by atoms with Gasteiger partial charge < -0.3 is 19.5 Å². The van der Waals surface area contributed by atoms with Gasteiger partial charge in [0.2, 0.25) is 0 Å². The summed E-state index contributed by atoms with van der Waals surface area (Å²) in [6.07, 6.45) is 2.47. The minimum atomic E-state index is -1.04. The molecular formula is C22H21NO5. The maximum atomic E-state index is 11.9. The molecule has 144 valence electrons. The molecule has 0 radical (unpaired) electrons. The molecule has 2 aromatic carbocycles. The Morgan fingerprint density at radius 1 is 1.18 bits per heavy atom. The smallest absolute Gasteiger partial charge is 0.379 e. The number of fused-ring (bicyclic) bond motifs is 1. The van der Waals surface area contributed by atoms with Crippen LogP contribution >= 0.6 is 0 Å². The van der Waals surface area contributed by atoms with Gasteiger partial charge in [-0.3, -0.25) is 4.79 Å². The van der Waals surface area contributed by atoms with E-state index in [-0.39, 0.29) is 17.9 Å². The number of nitrogens with zero attached hydrogens (tertiary/aromatic N) is 1. The Labute approximate surface area is 162 Å². The highest BCUT2D eigenvalue weighted by atomic mass is 16.5. The summed E-state index contributed by atoms with van der Waals surface area (Å²) in [5.74, 6) is -2.44. The summed E-state index contributed by atoms with van der Waals surface area (Å²) in [5, 5.41) is 21.2. The quantitative estimate of drug-likeness (QED) is 0.295. The van der Waals surface area contributed by atoms with E-state index in [4.69, 9.17) is 0 Å². The van der Waals surface area contributed by atoms with E-state index in [1.54, 1.807) is 19.2 Å². The number of rotatable bonds is 6. The van der Waals surface area contributed by atoms with Gasteiger partial charge in [-0.2, -0.15) is 0 Å². The highest BCUT2D eigenvalue weighted by Gasteiger charge is 2.19. The molecule has 0 bridgehead atoms. The van der Waals surface area contributed by atoms with Crippen LogP contribution in [0, 0.1) is 6.92 Å². The standard InChI is InChI=1S/C22H21NO5/c1-3-28-22(27)20(26)11-19(25)16-13-23(12-15-7-4-6-14(2)10-15)17-8-5-9-18(24)21(16)17/h4-11,13,24-25H,3,12H2,1-2H3. The zero-order valence-electron chi connectivity index (χ0n) is 15.7. The van der Waals surface area contributed by atoms with Crippen molar-refractivity contribution in [1.29, 1.82) is 0 Å². The molecule has 0 amide bonds. The molecule has 0 atom stereocenters. The Morgan fingerprint density at radius 2 is 1.93 bits per heavy atom. The summed E-state index contributed by atoms with van der Waals surface area (Å²) in [6, 6.07) is 13.0. The fraction of sp³-hybridized carbons (Fsp3) is 0.182. The summed E-state index contributed by atoms with van der Waals surface area (Å²) in [5.41, 5.74) is 3.14. The number of benzene rings is 2. The number of carbonyl (C=O) groups excluding carboxylic acids is 2. The number of ether oxygens (including phenoxy) is 1. The average Bonchev–Trinajstić information content (AvgIpc) is 3.02. The van der Waals surface area contributed by atoms with Gasteiger partial charge >= 0.3 is 5.97 Å². The second-order valence-corrected chi connectivity index (χ2v) is 6.45. The molecule has 0 saturated carbocycles. The van der Waals surface area contributed by atoms with Crippen molar-refractivity contribution in [2.75, 3.05) is 6.61 Å². The van der Waals surface area contributed by atoms with Gasteiger partial charge in [-0.05, 0) is 31.5 Å². The largest absolute Gasteiger partial charge is 0.507 e. The lowest BCUT2D eigenvalue weighted by atomic mass is 10.1. The molecule has 6 nitrogen and oxygen atoms in total. The van der Waals surface area contributed by atoms with E-state index in [0.29, 0.717) is 17.4 Å². The minimum absolute atomic E-state index is 0.0287. The molecule has 0 aliphatic rings. The van der Waals surface area contributed by atoms with E-state index >= 15 is 0 Å². The lowest BCUT2D eigenvalue weighted by molar-refractivity contribution is -0.151. The van der Waals surface area contributed by atoms with Gasteiger partial charge in [0.1, 0.15) is 11.5 Å². The predicted molar refractivity (Wildman–Crippen MR) is 106 cm³/mol. The van der Waals surface area contributed by atoms with E-state index in [9.17, 15) is 19.8 Å². The highest BCUT2D eigenvalue weighted by molar-refractivity contribution is 6.39. The monoisotopic (exact) mass is 379 g/mol. The fourth-order valence-electron chi connectivity index (χ4n) is 3.13. The first-order valence-electron chi connectivity index (χ1n) is 8.89. The third-order valence-corrected chi connectivity index (χ3v) is 4.34. The number of ketones is 1. The van der Waals surface area contributed by atoms with Gasteiger partial charge in [0.05, 0.1) is 17.5 Å². The third kappa shape index (κ3) is 3.91. The Hall–Kier alpha value is -3.54. The van der Waals surface area contributed by atoms with Crippen molar-refractivity contribution in [2.24, 2.45) is 0 Å². The zero-order valence-corrected chi connectivity index (χ0v) is 15.7. The number of hydrogen-bond acceptors (Lipinski definition) is 5. The third-order valence-electron chi connectivity index (χ3n) is 4.34. The average molecular weight is 379 g/mol. The second-order valence-electron chi connectivity index (χ2n) is 6.45. The summed E-state index contributed by atoms with van der Waals surface area (Å²) >= 11 is 0. The van der Waals surface area contributed by atoms with Crippen molar-refractivity contribution < 1.29 is 24.5 Å². The van der Waals surface area contributed by atoms with Crippen molar-refractivity contribution in [2.45, 2.75) is 20.4 Å². The Balaban J connectivity index is 2.06. The fourth-order valence-corrected chi connectivity index (χ4v) is 3.13. The number of aromatic hydroxyl groups is 1. The minimum Gasteiger partial charge on any atom is -0.507 e. The molecule has 0 fully saturated rings. The Morgan fingerprint density at radius 3 is 2.64 bits per heavy atom. The second kappa shape index (κ2) is 8.00. The van der Waals surface area contributed by atoms with Crippen LogP contribution < -0.4 is 0 Å². The predicted octanol–water partition coefficient (Wildman–Crippen LogP) is 3.73. The van der Waals surface area contributed by atoms with E-state index in [1.807, 2.05) is 41.8 Å². The van der Waals surface area contributed by atoms with E-state index < -0.39 is 17.5 Å². The van der Waals surface area contributed by atoms with Crippen molar-refractivity contribution in [1.82, 2.24) is 4.57 Å². The van der Waals surface area contributed by atoms with Gasteiger partial charge in [0.15, 0.2) is 0 Å². The number of aryl methyl sites for hydroxylation is 1. The van der Waals surface area contributed by atoms with E-state index in [0.717, 1.165) is 17.2 Å². The van der Waals surface area contributed by atoms with Gasteiger partial charge in [-0.1, -0.05) is 35.9 Å². The van der Waals surface area contributed by atoms with Gasteiger partial charge in [-0.25, -0.2) is 4.79 Å². The summed E-state index contributed by atoms with van der Waals surface area (Å²) in [7, 11) is 0. The lowest BCUT2D eigenvalue weighted by Gasteiger charge is -2.06. The van der Waals surface area contributed by atoms with Crippen molar-refractivity contribution >= 4 is 28.4 Å². The van der Waals surface area contributed by atoms with Crippen LogP contribution in [0.25, 0.3) is 16.7 Å². The maximum absolute atomic E-state index is 11.9. The number of aliphatic hydroxyl groups is 1. The molecule has 0 unspecified atom stereocenters. The molecule has 0 aliphatic heterocycles. The maximum Gasteiger partial charge on any atom is 0.379 e. The number of carbonyl (C=O) groups is 2. The van der Waals surface area contributed by atoms with Crippen molar-refractivity contribution in [3.8, 4) is 5.75 Å².